The van der Waals surface area contributed by atoms with Crippen molar-refractivity contribution in [2.75, 3.05) is 0 Å². The van der Waals surface area contributed by atoms with Crippen molar-refractivity contribution < 1.29 is 0 Å². The summed E-state index contributed by atoms with van der Waals surface area (Å²) in [7, 11) is 4.16. The van der Waals surface area contributed by atoms with Crippen LogP contribution in [0.5, 0.6) is 0 Å². The number of fused-ring (bicyclic) bond motifs is 3. The van der Waals surface area contributed by atoms with Crippen molar-refractivity contribution in [2.45, 2.75) is 0 Å². The van der Waals surface area contributed by atoms with Crippen LogP contribution in [0.3, 0.4) is 0 Å². The van der Waals surface area contributed by atoms with Gasteiger partial charge in [-0.1, -0.05) is 127 Å². The van der Waals surface area contributed by atoms with E-state index in [1.165, 1.54) is 44.2 Å². The smallest absolute Gasteiger partial charge is 0.140 e. The van der Waals surface area contributed by atoms with Gasteiger partial charge in [0.1, 0.15) is 11.6 Å². The van der Waals surface area contributed by atoms with E-state index in [1.54, 1.807) is 0 Å². The highest BCUT2D eigenvalue weighted by molar-refractivity contribution is 5.99. The molecule has 4 heteroatoms. The molecule has 0 bridgehead atoms. The molecular weight excluding hydrogens is 585 g/mol. The van der Waals surface area contributed by atoms with Gasteiger partial charge in [0.25, 0.3) is 0 Å². The molecule has 0 N–H and O–H groups in total. The molecule has 7 aromatic carbocycles. The van der Waals surface area contributed by atoms with E-state index in [4.69, 9.17) is 9.97 Å². The summed E-state index contributed by atoms with van der Waals surface area (Å²) in [6, 6.07) is 56.3. The molecule has 2 aromatic heterocycles. The van der Waals surface area contributed by atoms with E-state index in [9.17, 15) is 0 Å². The maximum Gasteiger partial charge on any atom is 0.140 e. The van der Waals surface area contributed by atoms with Gasteiger partial charge < -0.3 is 9.13 Å². The second kappa shape index (κ2) is 11.2. The third-order valence-electron chi connectivity index (χ3n) is 9.60. The molecule has 0 aliphatic rings. The fraction of sp³-hybridized carbons (Fsp3) is 0.0455. The minimum atomic E-state index is 0.979. The lowest BCUT2D eigenvalue weighted by molar-refractivity contribution is 0.959. The van der Waals surface area contributed by atoms with Gasteiger partial charge in [0.15, 0.2) is 0 Å². The number of nitrogens with zero attached hydrogens (tertiary/aromatic N) is 4. The number of aromatic nitrogens is 4. The van der Waals surface area contributed by atoms with Crippen LogP contribution >= 0.6 is 0 Å². The summed E-state index contributed by atoms with van der Waals surface area (Å²) in [5.74, 6) is 1.96. The van der Waals surface area contributed by atoms with Crippen LogP contribution in [-0.2, 0) is 14.1 Å². The molecule has 0 saturated heterocycles. The van der Waals surface area contributed by atoms with Crippen molar-refractivity contribution in [1.82, 2.24) is 19.1 Å². The van der Waals surface area contributed by atoms with E-state index >= 15 is 0 Å². The molecule has 0 aliphatic carbocycles. The first-order valence-corrected chi connectivity index (χ1v) is 16.3. The normalized spacial score (nSPS) is 11.5. The Morgan fingerprint density at radius 1 is 0.375 bits per heavy atom. The molecule has 0 spiro atoms. The van der Waals surface area contributed by atoms with Gasteiger partial charge in [0.05, 0.1) is 22.1 Å². The van der Waals surface area contributed by atoms with Crippen molar-refractivity contribution in [1.29, 1.82) is 0 Å². The van der Waals surface area contributed by atoms with Gasteiger partial charge in [-0.25, -0.2) is 9.97 Å². The topological polar surface area (TPSA) is 35.6 Å². The molecule has 228 valence electrons. The zero-order valence-electron chi connectivity index (χ0n) is 26.8. The second-order valence-corrected chi connectivity index (χ2v) is 12.4. The third-order valence-corrected chi connectivity index (χ3v) is 9.60. The molecule has 2 heterocycles. The third kappa shape index (κ3) is 4.69. The van der Waals surface area contributed by atoms with Crippen LogP contribution in [0.15, 0.2) is 158 Å². The highest BCUT2D eigenvalue weighted by Crippen LogP contribution is 2.34. The zero-order valence-corrected chi connectivity index (χ0v) is 26.8. The first kappa shape index (κ1) is 28.0. The maximum absolute atomic E-state index is 4.87. The fourth-order valence-corrected chi connectivity index (χ4v) is 6.99. The Balaban J connectivity index is 0.971. The molecule has 0 amide bonds. The largest absolute Gasteiger partial charge is 0.327 e. The summed E-state index contributed by atoms with van der Waals surface area (Å²) in [6.07, 6.45) is 0. The number of aryl methyl sites for hydroxylation is 2. The van der Waals surface area contributed by atoms with E-state index in [-0.39, 0.29) is 0 Å². The minimum absolute atomic E-state index is 0.979. The summed E-state index contributed by atoms with van der Waals surface area (Å²) in [5, 5.41) is 2.48. The minimum Gasteiger partial charge on any atom is -0.327 e. The van der Waals surface area contributed by atoms with Crippen LogP contribution in [0.25, 0.3) is 89.0 Å². The number of benzene rings is 7. The molecular formula is C44H32N4. The Bertz CT molecular complexity index is 2600. The number of rotatable bonds is 5. The van der Waals surface area contributed by atoms with E-state index in [2.05, 4.69) is 169 Å². The van der Waals surface area contributed by atoms with Crippen LogP contribution in [0.4, 0.5) is 0 Å². The van der Waals surface area contributed by atoms with Gasteiger partial charge in [-0.3, -0.25) is 0 Å². The second-order valence-electron chi connectivity index (χ2n) is 12.4. The quantitative estimate of drug-likeness (QED) is 0.193. The monoisotopic (exact) mass is 616 g/mol. The number of hydrogen-bond donors (Lipinski definition) is 0. The van der Waals surface area contributed by atoms with Crippen LogP contribution in [-0.4, -0.2) is 19.1 Å². The van der Waals surface area contributed by atoms with Gasteiger partial charge in [0, 0.05) is 25.2 Å². The molecule has 0 aliphatic heterocycles. The van der Waals surface area contributed by atoms with E-state index in [0.29, 0.717) is 0 Å². The summed E-state index contributed by atoms with van der Waals surface area (Å²) < 4.78 is 4.32. The number of para-hydroxylation sites is 4. The predicted molar refractivity (Wildman–Crippen MR) is 200 cm³/mol. The summed E-state index contributed by atoms with van der Waals surface area (Å²) in [4.78, 5) is 9.73. The molecule has 9 aromatic rings. The Morgan fingerprint density at radius 2 is 0.812 bits per heavy atom. The predicted octanol–water partition coefficient (Wildman–Crippen LogP) is 10.9. The zero-order chi connectivity index (χ0) is 32.2. The van der Waals surface area contributed by atoms with Crippen molar-refractivity contribution in [3.63, 3.8) is 0 Å². The number of imidazole rings is 2. The molecule has 9 rings (SSSR count). The average Bonchev–Trinajstić information content (AvgIpc) is 3.67. The molecule has 4 nitrogen and oxygen atoms in total. The lowest BCUT2D eigenvalue weighted by Gasteiger charge is -2.11. The summed E-state index contributed by atoms with van der Waals surface area (Å²) in [5.41, 5.74) is 13.8. The van der Waals surface area contributed by atoms with Crippen LogP contribution < -0.4 is 0 Å². The van der Waals surface area contributed by atoms with Crippen molar-refractivity contribution >= 4 is 32.8 Å². The van der Waals surface area contributed by atoms with Crippen LogP contribution in [0.1, 0.15) is 0 Å². The lowest BCUT2D eigenvalue weighted by atomic mass is 9.94. The van der Waals surface area contributed by atoms with E-state index < -0.39 is 0 Å². The molecule has 0 saturated carbocycles. The molecule has 48 heavy (non-hydrogen) atoms. The summed E-state index contributed by atoms with van der Waals surface area (Å²) >= 11 is 0. The first-order valence-electron chi connectivity index (χ1n) is 16.3. The molecule has 0 unspecified atom stereocenters. The average molecular weight is 617 g/mol. The van der Waals surface area contributed by atoms with Crippen molar-refractivity contribution in [3.8, 4) is 56.2 Å². The fourth-order valence-electron chi connectivity index (χ4n) is 6.99. The van der Waals surface area contributed by atoms with Gasteiger partial charge >= 0.3 is 0 Å². The van der Waals surface area contributed by atoms with Crippen LogP contribution in [0.2, 0.25) is 0 Å². The highest BCUT2D eigenvalue weighted by atomic mass is 15.1. The molecule has 0 radical (unpaired) electrons. The van der Waals surface area contributed by atoms with Crippen molar-refractivity contribution in [2.24, 2.45) is 14.1 Å². The standard InChI is InChI=1S/C44H32N4/c1-47-41-12-5-3-10-39(41)45-43(47)33-22-16-30(17-23-33)29-14-20-32(21-15-29)37-9-7-8-36-28-35(26-27-38(36)37)31-18-24-34(25-19-31)44-46-40-11-4-6-13-42(40)48(44)2/h3-28H,1-2H3. The van der Waals surface area contributed by atoms with Gasteiger partial charge in [-0.15, -0.1) is 0 Å². The Kier molecular flexibility index (Phi) is 6.54. The Labute approximate surface area is 279 Å². The van der Waals surface area contributed by atoms with Crippen LogP contribution in [0, 0.1) is 0 Å². The Morgan fingerprint density at radius 3 is 1.33 bits per heavy atom. The van der Waals surface area contributed by atoms with Gasteiger partial charge in [-0.05, 0) is 74.5 Å². The maximum atomic E-state index is 4.87. The Hall–Kier alpha value is -6.26. The van der Waals surface area contributed by atoms with E-state index in [0.717, 1.165) is 44.8 Å². The van der Waals surface area contributed by atoms with Crippen molar-refractivity contribution in [3.05, 3.63) is 158 Å². The van der Waals surface area contributed by atoms with Gasteiger partial charge in [-0.2, -0.15) is 0 Å². The van der Waals surface area contributed by atoms with E-state index in [1.807, 2.05) is 12.1 Å². The molecule has 0 atom stereocenters. The summed E-state index contributed by atoms with van der Waals surface area (Å²) in [6.45, 7) is 0. The molecule has 0 fully saturated rings. The number of hydrogen-bond acceptors (Lipinski definition) is 2. The van der Waals surface area contributed by atoms with Gasteiger partial charge in [0.2, 0.25) is 0 Å². The first-order chi connectivity index (χ1) is 23.6. The SMILES string of the molecule is Cn1c(-c2ccc(-c3ccc(-c4cccc5cc(-c6ccc(-c7nc8ccccc8n7C)cc6)ccc45)cc3)cc2)nc2ccccc21. The lowest BCUT2D eigenvalue weighted by Crippen LogP contribution is -1.92. The highest BCUT2D eigenvalue weighted by Gasteiger charge is 2.12.